The van der Waals surface area contributed by atoms with Crippen molar-refractivity contribution in [2.75, 3.05) is 39.6 Å². The third-order valence-electron chi connectivity index (χ3n) is 15.6. The number of allylic oxidation sites excluding steroid dienone is 20. The Bertz CT molecular complexity index is 2250. The SMILES string of the molecule is CC/C=C\C/C=C\C/C=C\C/C=C\C/C=C\CCCCCCCCCCCCCC(=O)OCC(O)COP(=O)(O)OCC(O)COP(=O)(O)OCC(COC(=O)CCCCCCCC/C=C\C/C=C\C/C=C\CCCCC)OC(=O)CCCCCCC/C=C\C/C=C\CCCCC. The average Bonchev–Trinajstić information content (AvgIpc) is 1.86. The summed E-state index contributed by atoms with van der Waals surface area (Å²) in [7, 11) is -9.79. The molecule has 0 saturated heterocycles. The van der Waals surface area contributed by atoms with Crippen molar-refractivity contribution in [1.29, 1.82) is 0 Å². The predicted octanol–water partition coefficient (Wildman–Crippen LogP) is 21.8. The van der Waals surface area contributed by atoms with E-state index < -0.39 is 91.5 Å². The highest BCUT2D eigenvalue weighted by molar-refractivity contribution is 7.47. The van der Waals surface area contributed by atoms with Crippen molar-refractivity contribution < 1.29 is 75.8 Å². The van der Waals surface area contributed by atoms with Crippen LogP contribution in [0.4, 0.5) is 0 Å². The van der Waals surface area contributed by atoms with Gasteiger partial charge in [-0.25, -0.2) is 9.13 Å². The van der Waals surface area contributed by atoms with Gasteiger partial charge in [0.05, 0.1) is 26.4 Å². The first-order chi connectivity index (χ1) is 47.2. The lowest BCUT2D eigenvalue weighted by Gasteiger charge is -2.21. The van der Waals surface area contributed by atoms with E-state index in [2.05, 4.69) is 142 Å². The molecule has 0 aromatic rings. The number of phosphoric ester groups is 2. The zero-order chi connectivity index (χ0) is 70.9. The van der Waals surface area contributed by atoms with Crippen LogP contribution < -0.4 is 0 Å². The third-order valence-corrected chi connectivity index (χ3v) is 17.5. The van der Waals surface area contributed by atoms with E-state index in [1.807, 2.05) is 0 Å². The second-order valence-electron chi connectivity index (χ2n) is 25.1. The summed E-state index contributed by atoms with van der Waals surface area (Å²) < 4.78 is 61.0. The molecular formula is C79H136O16P2. The fourth-order valence-electron chi connectivity index (χ4n) is 9.87. The molecule has 0 spiro atoms. The molecule has 0 amide bonds. The van der Waals surface area contributed by atoms with Crippen molar-refractivity contribution in [2.45, 2.75) is 322 Å². The molecule has 0 aliphatic rings. The van der Waals surface area contributed by atoms with E-state index in [-0.39, 0.29) is 19.3 Å². The first-order valence-electron chi connectivity index (χ1n) is 37.8. The van der Waals surface area contributed by atoms with Crippen molar-refractivity contribution in [3.63, 3.8) is 0 Å². The number of unbranched alkanes of at least 4 members (excludes halogenated alkanes) is 28. The maximum Gasteiger partial charge on any atom is 0.472 e. The molecule has 0 aliphatic heterocycles. The van der Waals surface area contributed by atoms with Crippen LogP contribution in [0.3, 0.4) is 0 Å². The average molecular weight is 1400 g/mol. The van der Waals surface area contributed by atoms with Crippen LogP contribution in [0.5, 0.6) is 0 Å². The first kappa shape index (κ1) is 93.0. The van der Waals surface area contributed by atoms with Gasteiger partial charge in [-0.3, -0.25) is 32.5 Å². The third kappa shape index (κ3) is 73.0. The van der Waals surface area contributed by atoms with E-state index in [0.29, 0.717) is 19.3 Å². The molecule has 0 aliphatic carbocycles. The molecule has 0 fully saturated rings. The van der Waals surface area contributed by atoms with Gasteiger partial charge in [0, 0.05) is 19.3 Å². The Labute approximate surface area is 589 Å². The monoisotopic (exact) mass is 1400 g/mol. The number of rotatable bonds is 71. The van der Waals surface area contributed by atoms with Crippen LogP contribution in [0.1, 0.15) is 303 Å². The van der Waals surface area contributed by atoms with Gasteiger partial charge in [-0.2, -0.15) is 0 Å². The number of ether oxygens (including phenoxy) is 3. The number of aliphatic hydroxyl groups is 2. The lowest BCUT2D eigenvalue weighted by Crippen LogP contribution is -2.30. The normalized spacial score (nSPS) is 14.8. The van der Waals surface area contributed by atoms with Gasteiger partial charge in [0.15, 0.2) is 6.10 Å². The summed E-state index contributed by atoms with van der Waals surface area (Å²) in [6, 6.07) is 0. The maximum atomic E-state index is 12.9. The van der Waals surface area contributed by atoms with E-state index >= 15 is 0 Å². The molecule has 16 nitrogen and oxygen atoms in total. The molecule has 0 aromatic heterocycles. The largest absolute Gasteiger partial charge is 0.472 e. The van der Waals surface area contributed by atoms with Crippen molar-refractivity contribution >= 4 is 33.6 Å². The summed E-state index contributed by atoms with van der Waals surface area (Å²) in [5.41, 5.74) is 0. The van der Waals surface area contributed by atoms with E-state index in [1.54, 1.807) is 0 Å². The number of esters is 3. The summed E-state index contributed by atoms with van der Waals surface area (Å²) in [4.78, 5) is 58.6. The van der Waals surface area contributed by atoms with Crippen LogP contribution >= 0.6 is 15.6 Å². The van der Waals surface area contributed by atoms with Crippen molar-refractivity contribution in [2.24, 2.45) is 0 Å². The smallest absolute Gasteiger partial charge is 0.463 e. The number of hydrogen-bond acceptors (Lipinski definition) is 14. The Hall–Kier alpha value is -4.05. The Kier molecular flexibility index (Phi) is 68.8. The lowest BCUT2D eigenvalue weighted by molar-refractivity contribution is -0.161. The van der Waals surface area contributed by atoms with E-state index in [0.717, 1.165) is 161 Å². The van der Waals surface area contributed by atoms with Gasteiger partial charge in [0.2, 0.25) is 0 Å². The van der Waals surface area contributed by atoms with Crippen LogP contribution in [-0.2, 0) is 55.8 Å². The maximum absolute atomic E-state index is 12.9. The van der Waals surface area contributed by atoms with E-state index in [9.17, 15) is 43.5 Å². The standard InChI is InChI=1S/C79H136O16P2/c1-4-7-10-13-16-19-22-25-28-30-32-33-34-35-36-37-38-39-41-43-45-47-50-53-56-59-62-65-77(82)89-68-74(80)69-91-96(85,86)92-70-75(81)71-93-97(87,88)94-73-76(95-79(84)67-64-61-58-55-52-49-44-27-24-21-18-15-12-9-6-3)72-90-78(83)66-63-60-57-54-51-48-46-42-40-31-29-26-23-20-17-14-11-8-5-2/h7,10,16-21,25-29,32-33,35-36,40,42,44,74-76,80-81H,4-6,8-9,11-15,22-24,30-31,34,37-39,41,43,45-73H2,1-3H3,(H,85,86)(H,87,88)/b10-7-,19-16-,20-17-,21-18-,28-25-,29-26-,33-32-,36-35-,42-40-,44-27-. The van der Waals surface area contributed by atoms with Crippen LogP contribution in [0.25, 0.3) is 0 Å². The zero-order valence-electron chi connectivity index (χ0n) is 60.7. The molecule has 5 unspecified atom stereocenters. The van der Waals surface area contributed by atoms with Gasteiger partial charge in [0.25, 0.3) is 0 Å². The highest BCUT2D eigenvalue weighted by Gasteiger charge is 2.29. The number of aliphatic hydroxyl groups excluding tert-OH is 2. The van der Waals surface area contributed by atoms with E-state index in [1.165, 1.54) is 83.5 Å². The minimum absolute atomic E-state index is 0.0840. The van der Waals surface area contributed by atoms with Crippen LogP contribution in [-0.4, -0.2) is 95.9 Å². The van der Waals surface area contributed by atoms with Gasteiger partial charge in [0.1, 0.15) is 25.4 Å². The summed E-state index contributed by atoms with van der Waals surface area (Å²) in [5.74, 6) is -1.61. The molecular weight excluding hydrogens is 1270 g/mol. The molecule has 0 heterocycles. The molecule has 0 rings (SSSR count). The lowest BCUT2D eigenvalue weighted by atomic mass is 10.0. The first-order valence-corrected chi connectivity index (χ1v) is 40.8. The van der Waals surface area contributed by atoms with Crippen molar-refractivity contribution in [3.8, 4) is 0 Å². The molecule has 4 N–H and O–H groups in total. The summed E-state index contributed by atoms with van der Waals surface area (Å²) >= 11 is 0. The molecule has 0 radical (unpaired) electrons. The minimum atomic E-state index is -4.94. The van der Waals surface area contributed by atoms with E-state index in [4.69, 9.17) is 32.3 Å². The topological polar surface area (TPSA) is 231 Å². The highest BCUT2D eigenvalue weighted by Crippen LogP contribution is 2.45. The zero-order valence-corrected chi connectivity index (χ0v) is 62.5. The van der Waals surface area contributed by atoms with Crippen LogP contribution in [0, 0.1) is 0 Å². The van der Waals surface area contributed by atoms with Gasteiger partial charge in [-0.1, -0.05) is 271 Å². The second-order valence-corrected chi connectivity index (χ2v) is 28.0. The fraction of sp³-hybridized carbons (Fsp3) is 0.709. The van der Waals surface area contributed by atoms with Gasteiger partial charge in [-0.05, 0) is 135 Å². The van der Waals surface area contributed by atoms with Gasteiger partial charge >= 0.3 is 33.6 Å². The number of hydrogen-bond donors (Lipinski definition) is 4. The number of carbonyl (C=O) groups is 3. The molecule has 0 aromatic carbocycles. The Morgan fingerprint density at radius 3 is 0.866 bits per heavy atom. The minimum Gasteiger partial charge on any atom is -0.463 e. The molecule has 558 valence electrons. The number of carbonyl (C=O) groups excluding carboxylic acids is 3. The van der Waals surface area contributed by atoms with Gasteiger partial charge in [-0.15, -0.1) is 0 Å². The quantitative estimate of drug-likeness (QED) is 0.0146. The molecule has 97 heavy (non-hydrogen) atoms. The molecule has 0 bridgehead atoms. The Morgan fingerprint density at radius 2 is 0.546 bits per heavy atom. The Balaban J connectivity index is 4.57. The molecule has 5 atom stereocenters. The molecule has 18 heteroatoms. The predicted molar refractivity (Wildman–Crippen MR) is 399 cm³/mol. The van der Waals surface area contributed by atoms with Crippen molar-refractivity contribution in [1.82, 2.24) is 0 Å². The second kappa shape index (κ2) is 71.8. The van der Waals surface area contributed by atoms with Crippen LogP contribution in [0.2, 0.25) is 0 Å². The van der Waals surface area contributed by atoms with Crippen LogP contribution in [0.15, 0.2) is 122 Å². The summed E-state index contributed by atoms with van der Waals surface area (Å²) in [5, 5.41) is 20.6. The summed E-state index contributed by atoms with van der Waals surface area (Å²) in [6.45, 7) is 2.48. The molecule has 0 saturated carbocycles. The highest BCUT2D eigenvalue weighted by atomic mass is 31.2. The Morgan fingerprint density at radius 1 is 0.299 bits per heavy atom. The summed E-state index contributed by atoms with van der Waals surface area (Å²) in [6.07, 6.45) is 83.8. The number of phosphoric acid groups is 2. The fourth-order valence-corrected chi connectivity index (χ4v) is 11.5. The van der Waals surface area contributed by atoms with Gasteiger partial charge < -0.3 is 34.2 Å². The van der Waals surface area contributed by atoms with Crippen molar-refractivity contribution in [3.05, 3.63) is 122 Å².